The lowest BCUT2D eigenvalue weighted by Crippen LogP contribution is -2.88. The molecule has 11 heteroatoms. The van der Waals surface area contributed by atoms with Gasteiger partial charge < -0.3 is 41.3 Å². The molecule has 1 aliphatic heterocycles. The lowest BCUT2D eigenvalue weighted by atomic mass is 9.82. The van der Waals surface area contributed by atoms with Gasteiger partial charge in [0.1, 0.15) is 11.9 Å². The molecule has 1 saturated heterocycles. The summed E-state index contributed by atoms with van der Waals surface area (Å²) in [6.07, 6.45) is -3.36. The lowest BCUT2D eigenvalue weighted by Gasteiger charge is -2.28. The summed E-state index contributed by atoms with van der Waals surface area (Å²) in [5.74, 6) is -2.52. The molecule has 0 unspecified atom stereocenters. The number of quaternary nitrogens is 1. The molecule has 0 saturated carbocycles. The molecule has 0 bridgehead atoms. The highest BCUT2D eigenvalue weighted by atomic mass is 35.5. The highest BCUT2D eigenvalue weighted by molar-refractivity contribution is 6.33. The first-order chi connectivity index (χ1) is 15.2. The van der Waals surface area contributed by atoms with Crippen molar-refractivity contribution in [2.75, 3.05) is 25.0 Å². The minimum atomic E-state index is -2.29. The third kappa shape index (κ3) is 8.35. The Morgan fingerprint density at radius 1 is 1.15 bits per heavy atom. The fourth-order valence-electron chi connectivity index (χ4n) is 3.42. The van der Waals surface area contributed by atoms with Crippen molar-refractivity contribution in [3.63, 3.8) is 0 Å². The topological polar surface area (TPSA) is 178 Å². The number of aliphatic carboxylic acids is 1. The van der Waals surface area contributed by atoms with Crippen LogP contribution in [0.2, 0.25) is 5.02 Å². The SMILES string of the molecule is O.O=C([O-])[C@@H](O)[C@H](O)C(=O)Nc1ccccc1Cl.OC[C@H]1C[NH2+]CC[C@@H]1c1ccc(F)cc1. The molecule has 2 aromatic rings. The van der Waals surface area contributed by atoms with E-state index < -0.39 is 24.1 Å². The number of benzene rings is 2. The minimum Gasteiger partial charge on any atom is -0.547 e. The number of hydrogen-bond donors (Lipinski definition) is 5. The molecule has 0 spiro atoms. The van der Waals surface area contributed by atoms with Crippen molar-refractivity contribution in [2.45, 2.75) is 24.5 Å². The Bertz CT molecular complexity index is 901. The number of para-hydroxylation sites is 1. The van der Waals surface area contributed by atoms with E-state index in [1.165, 1.54) is 24.3 Å². The second-order valence-corrected chi connectivity index (χ2v) is 7.79. The number of halogens is 2. The summed E-state index contributed by atoms with van der Waals surface area (Å²) in [5.41, 5.74) is 1.35. The highest BCUT2D eigenvalue weighted by Gasteiger charge is 2.28. The zero-order chi connectivity index (χ0) is 23.7. The number of hydrogen-bond acceptors (Lipinski definition) is 6. The molecule has 1 heterocycles. The van der Waals surface area contributed by atoms with E-state index in [1.54, 1.807) is 12.1 Å². The maximum atomic E-state index is 12.8. The first-order valence-corrected chi connectivity index (χ1v) is 10.4. The Hall–Kier alpha value is -2.60. The number of aliphatic hydroxyl groups is 3. The average Bonchev–Trinajstić information content (AvgIpc) is 2.80. The van der Waals surface area contributed by atoms with Gasteiger partial charge in [0.05, 0.1) is 36.4 Å². The van der Waals surface area contributed by atoms with Gasteiger partial charge >= 0.3 is 0 Å². The van der Waals surface area contributed by atoms with Gasteiger partial charge in [-0.15, -0.1) is 0 Å². The van der Waals surface area contributed by atoms with Crippen molar-refractivity contribution < 1.29 is 45.2 Å². The van der Waals surface area contributed by atoms with Gasteiger partial charge in [-0.05, 0) is 35.7 Å². The van der Waals surface area contributed by atoms with Crippen LogP contribution in [0.15, 0.2) is 48.5 Å². The molecule has 33 heavy (non-hydrogen) atoms. The van der Waals surface area contributed by atoms with Crippen LogP contribution in [0.1, 0.15) is 17.9 Å². The molecule has 0 aromatic heterocycles. The van der Waals surface area contributed by atoms with Crippen LogP contribution in [0, 0.1) is 11.7 Å². The first kappa shape index (κ1) is 28.4. The fraction of sp³-hybridized carbons (Fsp3) is 0.364. The van der Waals surface area contributed by atoms with Gasteiger partial charge in [0, 0.05) is 12.3 Å². The van der Waals surface area contributed by atoms with Crippen LogP contribution in [-0.4, -0.2) is 64.6 Å². The molecule has 3 rings (SSSR count). The number of carboxylic acids is 1. The van der Waals surface area contributed by atoms with Crippen molar-refractivity contribution in [1.82, 2.24) is 0 Å². The van der Waals surface area contributed by atoms with Gasteiger partial charge in [0.2, 0.25) is 0 Å². The standard InChI is InChI=1S/C12H16FNO.C10H10ClNO5.H2O/c13-11-3-1-9(2-4-11)12-5-6-14-7-10(12)8-15;11-5-3-1-2-4-6(5)12-9(15)7(13)8(14)10(16)17;/h1-4,10,12,14-15H,5-8H2;1-4,7-8,13-14H,(H,12,15)(H,16,17);1H2/t10-,12-;7-,8-;/m10./s1. The van der Waals surface area contributed by atoms with Gasteiger partial charge in [-0.2, -0.15) is 0 Å². The molecule has 0 aliphatic carbocycles. The summed E-state index contributed by atoms with van der Waals surface area (Å²) in [5, 5.41) is 42.2. The van der Waals surface area contributed by atoms with E-state index in [1.807, 2.05) is 12.1 Å². The van der Waals surface area contributed by atoms with Crippen LogP contribution >= 0.6 is 11.6 Å². The molecule has 0 radical (unpaired) electrons. The lowest BCUT2D eigenvalue weighted by molar-refractivity contribution is -0.670. The van der Waals surface area contributed by atoms with E-state index in [4.69, 9.17) is 16.7 Å². The molecule has 182 valence electrons. The Balaban J connectivity index is 0.000000322. The summed E-state index contributed by atoms with van der Waals surface area (Å²) in [4.78, 5) is 21.6. The van der Waals surface area contributed by atoms with Crippen molar-refractivity contribution in [3.8, 4) is 0 Å². The van der Waals surface area contributed by atoms with E-state index >= 15 is 0 Å². The maximum Gasteiger partial charge on any atom is 0.256 e. The van der Waals surface area contributed by atoms with Crippen LogP contribution in [0.5, 0.6) is 0 Å². The number of nitrogens with one attached hydrogen (secondary N) is 1. The number of nitrogens with two attached hydrogens (primary N) is 1. The zero-order valence-electron chi connectivity index (χ0n) is 17.7. The number of carbonyl (C=O) groups is 2. The second-order valence-electron chi connectivity index (χ2n) is 7.38. The smallest absolute Gasteiger partial charge is 0.256 e. The normalized spacial score (nSPS) is 19.2. The Labute approximate surface area is 195 Å². The summed E-state index contributed by atoms with van der Waals surface area (Å²) < 4.78 is 12.8. The van der Waals surface area contributed by atoms with E-state index in [-0.39, 0.29) is 28.6 Å². The van der Waals surface area contributed by atoms with E-state index in [0.717, 1.165) is 25.1 Å². The number of piperidine rings is 1. The quantitative estimate of drug-likeness (QED) is 0.328. The molecular weight excluding hydrogens is 459 g/mol. The highest BCUT2D eigenvalue weighted by Crippen LogP contribution is 2.28. The molecular formula is C22H28ClFN2O7. The predicted molar refractivity (Wildman–Crippen MR) is 117 cm³/mol. The number of carboxylic acid groups (broad SMARTS) is 1. The third-order valence-electron chi connectivity index (χ3n) is 5.19. The molecule has 9 nitrogen and oxygen atoms in total. The van der Waals surface area contributed by atoms with Crippen molar-refractivity contribution in [2.24, 2.45) is 5.92 Å². The average molecular weight is 487 g/mol. The minimum absolute atomic E-state index is 0. The van der Waals surface area contributed by atoms with Crippen molar-refractivity contribution in [1.29, 1.82) is 0 Å². The number of anilines is 1. The summed E-state index contributed by atoms with van der Waals surface area (Å²) in [7, 11) is 0. The molecule has 1 aliphatic rings. The molecule has 1 amide bonds. The zero-order valence-corrected chi connectivity index (χ0v) is 18.4. The van der Waals surface area contributed by atoms with Gasteiger partial charge in [-0.25, -0.2) is 4.39 Å². The third-order valence-corrected chi connectivity index (χ3v) is 5.52. The maximum absolute atomic E-state index is 12.8. The molecule has 8 N–H and O–H groups in total. The van der Waals surface area contributed by atoms with Crippen LogP contribution in [0.4, 0.5) is 10.1 Å². The number of carbonyl (C=O) groups excluding carboxylic acids is 2. The summed E-state index contributed by atoms with van der Waals surface area (Å²) >= 11 is 5.73. The van der Waals surface area contributed by atoms with Gasteiger partial charge in [-0.3, -0.25) is 4.79 Å². The Morgan fingerprint density at radius 2 is 1.79 bits per heavy atom. The second kappa shape index (κ2) is 13.8. The fourth-order valence-corrected chi connectivity index (χ4v) is 3.60. The molecule has 1 fully saturated rings. The summed E-state index contributed by atoms with van der Waals surface area (Å²) in [6.45, 7) is 2.29. The first-order valence-electron chi connectivity index (χ1n) is 10.0. The number of amides is 1. The van der Waals surface area contributed by atoms with Crippen LogP contribution in [0.3, 0.4) is 0 Å². The van der Waals surface area contributed by atoms with Gasteiger partial charge in [-0.1, -0.05) is 35.9 Å². The predicted octanol–water partition coefficient (Wildman–Crippen LogP) is -1.59. The van der Waals surface area contributed by atoms with Gasteiger partial charge in [0.25, 0.3) is 5.91 Å². The van der Waals surface area contributed by atoms with Crippen molar-refractivity contribution >= 4 is 29.2 Å². The van der Waals surface area contributed by atoms with Crippen LogP contribution in [-0.2, 0) is 9.59 Å². The van der Waals surface area contributed by atoms with E-state index in [9.17, 15) is 29.3 Å². The van der Waals surface area contributed by atoms with Crippen molar-refractivity contribution in [3.05, 3.63) is 64.9 Å². The Morgan fingerprint density at radius 3 is 2.36 bits per heavy atom. The molecule has 2 aromatic carbocycles. The van der Waals surface area contributed by atoms with Crippen LogP contribution < -0.4 is 15.7 Å². The summed E-state index contributed by atoms with van der Waals surface area (Å²) in [6, 6.07) is 12.9. The van der Waals surface area contributed by atoms with Crippen LogP contribution in [0.25, 0.3) is 0 Å². The largest absolute Gasteiger partial charge is 0.547 e. The number of rotatable bonds is 6. The van der Waals surface area contributed by atoms with E-state index in [0.29, 0.717) is 11.8 Å². The number of aliphatic hydroxyl groups excluding tert-OH is 3. The molecule has 4 atom stereocenters. The van der Waals surface area contributed by atoms with Gasteiger partial charge in [0.15, 0.2) is 6.10 Å². The Kier molecular flexibility index (Phi) is 11.9. The monoisotopic (exact) mass is 486 g/mol. The van der Waals surface area contributed by atoms with E-state index in [2.05, 4.69) is 10.6 Å².